The number of aromatic carboxylic acids is 1. The SMILES string of the molecule is Cc1nn(-c2cc(Cl)ccc2[N+](=O)[O-])cc1C(=O)O. The summed E-state index contributed by atoms with van der Waals surface area (Å²) in [6, 6.07) is 3.99. The van der Waals surface area contributed by atoms with Gasteiger partial charge in [-0.05, 0) is 19.1 Å². The molecule has 0 unspecified atom stereocenters. The maximum Gasteiger partial charge on any atom is 0.339 e. The minimum Gasteiger partial charge on any atom is -0.478 e. The lowest BCUT2D eigenvalue weighted by Crippen LogP contribution is -2.01. The van der Waals surface area contributed by atoms with Crippen molar-refractivity contribution in [1.82, 2.24) is 9.78 Å². The summed E-state index contributed by atoms with van der Waals surface area (Å²) in [6.07, 6.45) is 1.22. The van der Waals surface area contributed by atoms with Crippen LogP contribution in [0.15, 0.2) is 24.4 Å². The Morgan fingerprint density at radius 3 is 2.74 bits per heavy atom. The van der Waals surface area contributed by atoms with Crippen LogP contribution < -0.4 is 0 Å². The van der Waals surface area contributed by atoms with E-state index in [2.05, 4.69) is 5.10 Å². The molecule has 19 heavy (non-hydrogen) atoms. The van der Waals surface area contributed by atoms with E-state index in [1.54, 1.807) is 0 Å². The summed E-state index contributed by atoms with van der Waals surface area (Å²) in [6.45, 7) is 1.51. The first-order valence-corrected chi connectivity index (χ1v) is 5.52. The molecule has 0 bridgehead atoms. The van der Waals surface area contributed by atoms with Crippen molar-refractivity contribution in [1.29, 1.82) is 0 Å². The number of aromatic nitrogens is 2. The lowest BCUT2D eigenvalue weighted by molar-refractivity contribution is -0.384. The van der Waals surface area contributed by atoms with Gasteiger partial charge < -0.3 is 5.11 Å². The second-order valence-electron chi connectivity index (χ2n) is 3.77. The van der Waals surface area contributed by atoms with Crippen molar-refractivity contribution >= 4 is 23.3 Å². The quantitative estimate of drug-likeness (QED) is 0.688. The van der Waals surface area contributed by atoms with E-state index < -0.39 is 10.9 Å². The van der Waals surface area contributed by atoms with Gasteiger partial charge in [0.25, 0.3) is 5.69 Å². The van der Waals surface area contributed by atoms with Crippen molar-refractivity contribution < 1.29 is 14.8 Å². The first-order valence-electron chi connectivity index (χ1n) is 5.14. The summed E-state index contributed by atoms with van der Waals surface area (Å²) in [7, 11) is 0. The monoisotopic (exact) mass is 281 g/mol. The maximum atomic E-state index is 10.9. The number of nitro groups is 1. The van der Waals surface area contributed by atoms with Gasteiger partial charge in [0.15, 0.2) is 0 Å². The molecule has 0 atom stereocenters. The molecular weight excluding hydrogens is 274 g/mol. The molecule has 1 aromatic heterocycles. The second kappa shape index (κ2) is 4.69. The molecule has 98 valence electrons. The maximum absolute atomic E-state index is 10.9. The number of hydrogen-bond donors (Lipinski definition) is 1. The summed E-state index contributed by atoms with van der Waals surface area (Å²) in [4.78, 5) is 21.3. The molecule has 0 spiro atoms. The van der Waals surface area contributed by atoms with Gasteiger partial charge in [-0.15, -0.1) is 0 Å². The Morgan fingerprint density at radius 1 is 1.53 bits per heavy atom. The van der Waals surface area contributed by atoms with E-state index in [0.29, 0.717) is 5.02 Å². The Bertz CT molecular complexity index is 681. The number of hydrogen-bond acceptors (Lipinski definition) is 4. The molecule has 0 amide bonds. The number of nitro benzene ring substituents is 1. The Balaban J connectivity index is 2.64. The predicted octanol–water partition coefficient (Wildman–Crippen LogP) is 2.44. The van der Waals surface area contributed by atoms with Crippen LogP contribution in [0.5, 0.6) is 0 Å². The number of carboxylic acid groups (broad SMARTS) is 1. The zero-order valence-electron chi connectivity index (χ0n) is 9.70. The zero-order chi connectivity index (χ0) is 14.2. The Labute approximate surface area is 112 Å². The van der Waals surface area contributed by atoms with Gasteiger partial charge in [-0.3, -0.25) is 10.1 Å². The lowest BCUT2D eigenvalue weighted by Gasteiger charge is -2.03. The molecule has 0 radical (unpaired) electrons. The third-order valence-corrected chi connectivity index (χ3v) is 2.75. The van der Waals surface area contributed by atoms with Crippen LogP contribution in [0.3, 0.4) is 0 Å². The van der Waals surface area contributed by atoms with Crippen LogP contribution in [0.1, 0.15) is 16.1 Å². The Morgan fingerprint density at radius 2 is 2.21 bits per heavy atom. The number of carbonyl (C=O) groups is 1. The molecule has 7 nitrogen and oxygen atoms in total. The van der Waals surface area contributed by atoms with Crippen LogP contribution in [0.25, 0.3) is 5.69 Å². The van der Waals surface area contributed by atoms with Gasteiger partial charge in [-0.25, -0.2) is 9.48 Å². The van der Waals surface area contributed by atoms with E-state index >= 15 is 0 Å². The molecular formula is C11H8ClN3O4. The average Bonchev–Trinajstić information content (AvgIpc) is 2.70. The molecule has 0 aliphatic carbocycles. The van der Waals surface area contributed by atoms with E-state index in [1.807, 2.05) is 0 Å². The van der Waals surface area contributed by atoms with Gasteiger partial charge in [0, 0.05) is 17.3 Å². The van der Waals surface area contributed by atoms with E-state index in [4.69, 9.17) is 16.7 Å². The largest absolute Gasteiger partial charge is 0.478 e. The van der Waals surface area contributed by atoms with Crippen molar-refractivity contribution in [2.45, 2.75) is 6.92 Å². The average molecular weight is 282 g/mol. The third kappa shape index (κ3) is 2.41. The smallest absolute Gasteiger partial charge is 0.339 e. The number of aryl methyl sites for hydroxylation is 1. The Kier molecular flexibility index (Phi) is 3.22. The summed E-state index contributed by atoms with van der Waals surface area (Å²) in [5.74, 6) is -1.14. The second-order valence-corrected chi connectivity index (χ2v) is 4.20. The fraction of sp³-hybridized carbons (Fsp3) is 0.0909. The minimum absolute atomic E-state index is 0.0192. The van der Waals surface area contributed by atoms with Crippen LogP contribution in [-0.4, -0.2) is 25.8 Å². The van der Waals surface area contributed by atoms with Crippen LogP contribution in [0.4, 0.5) is 5.69 Å². The highest BCUT2D eigenvalue weighted by molar-refractivity contribution is 6.30. The van der Waals surface area contributed by atoms with Crippen molar-refractivity contribution in [3.05, 3.63) is 50.8 Å². The molecule has 2 rings (SSSR count). The van der Waals surface area contributed by atoms with Gasteiger partial charge in [0.1, 0.15) is 11.3 Å². The van der Waals surface area contributed by atoms with Crippen molar-refractivity contribution in [2.75, 3.05) is 0 Å². The number of nitrogens with zero attached hydrogens (tertiary/aromatic N) is 3. The van der Waals surface area contributed by atoms with Gasteiger partial charge in [-0.1, -0.05) is 11.6 Å². The standard InChI is InChI=1S/C11H8ClN3O4/c1-6-8(11(16)17)5-14(13-6)10-4-7(12)2-3-9(10)15(18)19/h2-5H,1H3,(H,16,17). The van der Waals surface area contributed by atoms with Crippen LogP contribution >= 0.6 is 11.6 Å². The molecule has 1 aromatic carbocycles. The third-order valence-electron chi connectivity index (χ3n) is 2.51. The van der Waals surface area contributed by atoms with Crippen molar-refractivity contribution in [3.63, 3.8) is 0 Å². The van der Waals surface area contributed by atoms with Crippen LogP contribution in [0, 0.1) is 17.0 Å². The molecule has 0 fully saturated rings. The first kappa shape index (κ1) is 13.0. The van der Waals surface area contributed by atoms with Crippen LogP contribution in [-0.2, 0) is 0 Å². The van der Waals surface area contributed by atoms with E-state index in [-0.39, 0.29) is 22.6 Å². The molecule has 2 aromatic rings. The zero-order valence-corrected chi connectivity index (χ0v) is 10.5. The highest BCUT2D eigenvalue weighted by Crippen LogP contribution is 2.26. The van der Waals surface area contributed by atoms with Gasteiger partial charge in [0.2, 0.25) is 0 Å². The molecule has 1 heterocycles. The van der Waals surface area contributed by atoms with Gasteiger partial charge in [0.05, 0.1) is 10.6 Å². The van der Waals surface area contributed by atoms with Gasteiger partial charge in [-0.2, -0.15) is 5.10 Å². The topological polar surface area (TPSA) is 98.3 Å². The first-order chi connectivity index (χ1) is 8.90. The van der Waals surface area contributed by atoms with E-state index in [1.165, 1.54) is 31.3 Å². The predicted molar refractivity (Wildman–Crippen MR) is 66.9 cm³/mol. The molecule has 0 aliphatic heterocycles. The highest BCUT2D eigenvalue weighted by Gasteiger charge is 2.19. The van der Waals surface area contributed by atoms with Crippen LogP contribution in [0.2, 0.25) is 5.02 Å². The lowest BCUT2D eigenvalue weighted by atomic mass is 10.2. The number of benzene rings is 1. The summed E-state index contributed by atoms with van der Waals surface area (Å²) >= 11 is 5.80. The molecule has 0 saturated carbocycles. The number of rotatable bonds is 3. The molecule has 1 N–H and O–H groups in total. The van der Waals surface area contributed by atoms with Gasteiger partial charge >= 0.3 is 5.97 Å². The normalized spacial score (nSPS) is 10.4. The Hall–Kier alpha value is -2.41. The summed E-state index contributed by atoms with van der Waals surface area (Å²) in [5.41, 5.74) is 0.160. The van der Waals surface area contributed by atoms with Crippen molar-refractivity contribution in [2.24, 2.45) is 0 Å². The van der Waals surface area contributed by atoms with Crippen molar-refractivity contribution in [3.8, 4) is 5.69 Å². The molecule has 8 heteroatoms. The van der Waals surface area contributed by atoms with E-state index in [9.17, 15) is 14.9 Å². The number of halogens is 1. The fourth-order valence-electron chi connectivity index (χ4n) is 1.63. The highest BCUT2D eigenvalue weighted by atomic mass is 35.5. The minimum atomic E-state index is -1.14. The molecule has 0 saturated heterocycles. The fourth-order valence-corrected chi connectivity index (χ4v) is 1.79. The molecule has 0 aliphatic rings. The summed E-state index contributed by atoms with van der Waals surface area (Å²) in [5, 5.41) is 24.1. The summed E-state index contributed by atoms with van der Waals surface area (Å²) < 4.78 is 1.14. The number of carboxylic acids is 1. The van der Waals surface area contributed by atoms with E-state index in [0.717, 1.165) is 4.68 Å².